The predicted octanol–water partition coefficient (Wildman–Crippen LogP) is 2.65. The van der Waals surface area contributed by atoms with Crippen molar-refractivity contribution in [1.82, 2.24) is 4.90 Å². The minimum absolute atomic E-state index is 0.0971. The fraction of sp³-hybridized carbons (Fsp3) is 0.562. The van der Waals surface area contributed by atoms with Crippen LogP contribution >= 0.6 is 0 Å². The molecule has 0 radical (unpaired) electrons. The maximum atomic E-state index is 12.6. The second-order valence-electron chi connectivity index (χ2n) is 5.75. The SMILES string of the molecule is Cc1ccc(C(=O)N(C)C2CCCCC2N)c(C)c1. The van der Waals surface area contributed by atoms with Crippen LogP contribution in [0, 0.1) is 13.8 Å². The fourth-order valence-electron chi connectivity index (χ4n) is 3.01. The summed E-state index contributed by atoms with van der Waals surface area (Å²) in [7, 11) is 1.89. The van der Waals surface area contributed by atoms with Gasteiger partial charge in [-0.2, -0.15) is 0 Å². The lowest BCUT2D eigenvalue weighted by Crippen LogP contribution is -2.50. The number of rotatable bonds is 2. The van der Waals surface area contributed by atoms with Crippen molar-refractivity contribution >= 4 is 5.91 Å². The first-order valence-electron chi connectivity index (χ1n) is 7.10. The van der Waals surface area contributed by atoms with Crippen LogP contribution in [0.5, 0.6) is 0 Å². The molecule has 1 fully saturated rings. The van der Waals surface area contributed by atoms with Gasteiger partial charge < -0.3 is 10.6 Å². The number of likely N-dealkylation sites (N-methyl/N-ethyl adjacent to an activating group) is 1. The molecule has 0 saturated heterocycles. The van der Waals surface area contributed by atoms with Crippen molar-refractivity contribution in [2.24, 2.45) is 5.73 Å². The van der Waals surface area contributed by atoms with E-state index in [1.807, 2.05) is 37.9 Å². The van der Waals surface area contributed by atoms with Crippen molar-refractivity contribution in [3.63, 3.8) is 0 Å². The summed E-state index contributed by atoms with van der Waals surface area (Å²) in [5.41, 5.74) is 9.19. The van der Waals surface area contributed by atoms with Gasteiger partial charge in [-0.1, -0.05) is 30.5 Å². The van der Waals surface area contributed by atoms with E-state index in [1.54, 1.807) is 0 Å². The van der Waals surface area contributed by atoms with Crippen LogP contribution in [0.4, 0.5) is 0 Å². The average molecular weight is 260 g/mol. The van der Waals surface area contributed by atoms with Crippen LogP contribution in [0.1, 0.15) is 47.2 Å². The van der Waals surface area contributed by atoms with Gasteiger partial charge in [0, 0.05) is 24.7 Å². The standard InChI is InChI=1S/C16H24N2O/c1-11-8-9-13(12(2)10-11)16(19)18(3)15-7-5-4-6-14(15)17/h8-10,14-15H,4-7,17H2,1-3H3. The lowest BCUT2D eigenvalue weighted by atomic mass is 9.89. The van der Waals surface area contributed by atoms with E-state index in [9.17, 15) is 4.79 Å². The molecule has 0 heterocycles. The van der Waals surface area contributed by atoms with Gasteiger partial charge in [0.2, 0.25) is 0 Å². The Hall–Kier alpha value is -1.35. The second-order valence-corrected chi connectivity index (χ2v) is 5.75. The highest BCUT2D eigenvalue weighted by Crippen LogP contribution is 2.23. The van der Waals surface area contributed by atoms with Gasteiger partial charge in [0.25, 0.3) is 5.91 Å². The Bertz CT molecular complexity index is 470. The first-order chi connectivity index (χ1) is 9.00. The molecule has 2 rings (SSSR count). The molecule has 1 aliphatic carbocycles. The Morgan fingerprint density at radius 1 is 1.26 bits per heavy atom. The highest BCUT2D eigenvalue weighted by atomic mass is 16.2. The molecule has 1 amide bonds. The normalized spacial score (nSPS) is 23.2. The van der Waals surface area contributed by atoms with Crippen LogP contribution < -0.4 is 5.73 Å². The Labute approximate surface area is 115 Å². The molecule has 2 unspecified atom stereocenters. The van der Waals surface area contributed by atoms with Crippen LogP contribution in [0.25, 0.3) is 0 Å². The van der Waals surface area contributed by atoms with Gasteiger partial charge in [0.15, 0.2) is 0 Å². The molecule has 1 aromatic rings. The van der Waals surface area contributed by atoms with Crippen LogP contribution in [0.2, 0.25) is 0 Å². The van der Waals surface area contributed by atoms with Crippen LogP contribution in [-0.2, 0) is 0 Å². The maximum Gasteiger partial charge on any atom is 0.254 e. The average Bonchev–Trinajstić information content (AvgIpc) is 2.38. The molecule has 3 nitrogen and oxygen atoms in total. The van der Waals surface area contributed by atoms with E-state index < -0.39 is 0 Å². The minimum Gasteiger partial charge on any atom is -0.337 e. The zero-order valence-electron chi connectivity index (χ0n) is 12.1. The summed E-state index contributed by atoms with van der Waals surface area (Å²) in [6.07, 6.45) is 4.40. The molecule has 1 saturated carbocycles. The molecule has 1 aromatic carbocycles. The van der Waals surface area contributed by atoms with Gasteiger partial charge in [-0.3, -0.25) is 4.79 Å². The summed E-state index contributed by atoms with van der Waals surface area (Å²) in [6, 6.07) is 6.28. The smallest absolute Gasteiger partial charge is 0.254 e. The fourth-order valence-corrected chi connectivity index (χ4v) is 3.01. The van der Waals surface area contributed by atoms with Gasteiger partial charge in [0.1, 0.15) is 0 Å². The molecule has 0 aliphatic heterocycles. The largest absolute Gasteiger partial charge is 0.337 e. The van der Waals surface area contributed by atoms with Crippen molar-refractivity contribution in [3.05, 3.63) is 34.9 Å². The summed E-state index contributed by atoms with van der Waals surface area (Å²) in [6.45, 7) is 4.04. The number of amides is 1. The van der Waals surface area contributed by atoms with Crippen molar-refractivity contribution < 1.29 is 4.79 Å². The van der Waals surface area contributed by atoms with E-state index in [-0.39, 0.29) is 18.0 Å². The van der Waals surface area contributed by atoms with E-state index in [2.05, 4.69) is 6.07 Å². The zero-order chi connectivity index (χ0) is 14.0. The monoisotopic (exact) mass is 260 g/mol. The summed E-state index contributed by atoms with van der Waals surface area (Å²) < 4.78 is 0. The summed E-state index contributed by atoms with van der Waals surface area (Å²) >= 11 is 0. The number of nitrogens with two attached hydrogens (primary N) is 1. The molecule has 104 valence electrons. The van der Waals surface area contributed by atoms with Gasteiger partial charge in [-0.05, 0) is 38.3 Å². The van der Waals surface area contributed by atoms with E-state index in [0.717, 1.165) is 24.0 Å². The maximum absolute atomic E-state index is 12.6. The Kier molecular flexibility index (Phi) is 4.25. The van der Waals surface area contributed by atoms with E-state index >= 15 is 0 Å². The molecule has 0 aromatic heterocycles. The van der Waals surface area contributed by atoms with Crippen LogP contribution in [0.3, 0.4) is 0 Å². The molecule has 3 heteroatoms. The quantitative estimate of drug-likeness (QED) is 0.888. The number of hydrogen-bond donors (Lipinski definition) is 1. The number of hydrogen-bond acceptors (Lipinski definition) is 2. The minimum atomic E-state index is 0.0971. The van der Waals surface area contributed by atoms with Crippen LogP contribution in [-0.4, -0.2) is 29.9 Å². The van der Waals surface area contributed by atoms with E-state index in [1.165, 1.54) is 18.4 Å². The lowest BCUT2D eigenvalue weighted by molar-refractivity contribution is 0.0671. The molecule has 19 heavy (non-hydrogen) atoms. The van der Waals surface area contributed by atoms with Crippen molar-refractivity contribution in [2.45, 2.75) is 51.6 Å². The lowest BCUT2D eigenvalue weighted by Gasteiger charge is -2.36. The first-order valence-corrected chi connectivity index (χ1v) is 7.10. The number of aryl methyl sites for hydroxylation is 2. The molecular formula is C16H24N2O. The molecule has 2 N–H and O–H groups in total. The predicted molar refractivity (Wildman–Crippen MR) is 78.2 cm³/mol. The van der Waals surface area contributed by atoms with Gasteiger partial charge in [-0.25, -0.2) is 0 Å². The Morgan fingerprint density at radius 2 is 1.95 bits per heavy atom. The van der Waals surface area contributed by atoms with Gasteiger partial charge >= 0.3 is 0 Å². The number of benzene rings is 1. The van der Waals surface area contributed by atoms with Crippen molar-refractivity contribution in [1.29, 1.82) is 0 Å². The molecule has 2 atom stereocenters. The molecule has 0 bridgehead atoms. The van der Waals surface area contributed by atoms with Gasteiger partial charge in [0.05, 0.1) is 0 Å². The third-order valence-corrected chi connectivity index (χ3v) is 4.21. The third kappa shape index (κ3) is 2.98. The first kappa shape index (κ1) is 14.1. The summed E-state index contributed by atoms with van der Waals surface area (Å²) in [5, 5.41) is 0. The highest BCUT2D eigenvalue weighted by molar-refractivity contribution is 5.95. The topological polar surface area (TPSA) is 46.3 Å². The molecule has 1 aliphatic rings. The van der Waals surface area contributed by atoms with Crippen molar-refractivity contribution in [3.8, 4) is 0 Å². The van der Waals surface area contributed by atoms with E-state index in [4.69, 9.17) is 5.73 Å². The summed E-state index contributed by atoms with van der Waals surface area (Å²) in [4.78, 5) is 14.4. The number of nitrogens with zero attached hydrogens (tertiary/aromatic N) is 1. The summed E-state index contributed by atoms with van der Waals surface area (Å²) in [5.74, 6) is 0.0971. The second kappa shape index (κ2) is 5.74. The Balaban J connectivity index is 2.18. The van der Waals surface area contributed by atoms with Crippen molar-refractivity contribution in [2.75, 3.05) is 7.05 Å². The molecule has 0 spiro atoms. The van der Waals surface area contributed by atoms with Gasteiger partial charge in [-0.15, -0.1) is 0 Å². The number of carbonyl (C=O) groups excluding carboxylic acids is 1. The Morgan fingerprint density at radius 3 is 2.58 bits per heavy atom. The molecular weight excluding hydrogens is 236 g/mol. The third-order valence-electron chi connectivity index (χ3n) is 4.21. The van der Waals surface area contributed by atoms with Crippen LogP contribution in [0.15, 0.2) is 18.2 Å². The highest BCUT2D eigenvalue weighted by Gasteiger charge is 2.29. The zero-order valence-corrected chi connectivity index (χ0v) is 12.1. The number of carbonyl (C=O) groups is 1. The van der Waals surface area contributed by atoms with E-state index in [0.29, 0.717) is 0 Å².